The molecule has 0 saturated carbocycles. The Morgan fingerprint density at radius 3 is 2.56 bits per heavy atom. The first-order valence-electron chi connectivity index (χ1n) is 10.2. The van der Waals surface area contributed by atoms with Crippen molar-refractivity contribution >= 4 is 45.5 Å². The number of nitrogens with zero attached hydrogens (tertiary/aromatic N) is 2. The Hall–Kier alpha value is -4.32. The highest BCUT2D eigenvalue weighted by Gasteiger charge is 2.10. The molecule has 0 saturated heterocycles. The summed E-state index contributed by atoms with van der Waals surface area (Å²) in [5.74, 6) is 2.32. The number of aromatic nitrogens is 3. The normalized spacial score (nSPS) is 11.3. The number of H-pyrrole nitrogens is 1. The summed E-state index contributed by atoms with van der Waals surface area (Å²) in [6, 6.07) is 20.1. The van der Waals surface area contributed by atoms with Crippen LogP contribution in [0, 0.1) is 0 Å². The first-order chi connectivity index (χ1) is 15.7. The van der Waals surface area contributed by atoms with Crippen molar-refractivity contribution in [2.24, 2.45) is 0 Å². The van der Waals surface area contributed by atoms with Gasteiger partial charge in [-0.15, -0.1) is 0 Å². The smallest absolute Gasteiger partial charge is 0.141 e. The average molecular weight is 422 g/mol. The van der Waals surface area contributed by atoms with Gasteiger partial charge in [0.15, 0.2) is 0 Å². The number of methoxy groups -OCH3 is 2. The minimum Gasteiger partial charge on any atom is -0.497 e. The number of benzene rings is 3. The van der Waals surface area contributed by atoms with Crippen LogP contribution in [-0.4, -0.2) is 29.2 Å². The van der Waals surface area contributed by atoms with Crippen LogP contribution < -0.4 is 14.8 Å². The van der Waals surface area contributed by atoms with Crippen LogP contribution in [0.3, 0.4) is 0 Å². The van der Waals surface area contributed by atoms with Gasteiger partial charge in [-0.25, -0.2) is 9.97 Å². The first kappa shape index (κ1) is 19.6. The van der Waals surface area contributed by atoms with Crippen LogP contribution in [-0.2, 0) is 0 Å². The van der Waals surface area contributed by atoms with Gasteiger partial charge in [0.2, 0.25) is 0 Å². The Kier molecular flexibility index (Phi) is 5.17. The monoisotopic (exact) mass is 422 g/mol. The van der Waals surface area contributed by atoms with E-state index in [1.54, 1.807) is 20.5 Å². The van der Waals surface area contributed by atoms with Crippen LogP contribution in [0.4, 0.5) is 11.5 Å². The van der Waals surface area contributed by atoms with Crippen molar-refractivity contribution in [3.8, 4) is 11.5 Å². The molecule has 0 aliphatic heterocycles. The zero-order valence-corrected chi connectivity index (χ0v) is 17.8. The second-order valence-electron chi connectivity index (χ2n) is 7.34. The van der Waals surface area contributed by atoms with E-state index in [-0.39, 0.29) is 0 Å². The highest BCUT2D eigenvalue weighted by Crippen LogP contribution is 2.31. The molecular weight excluding hydrogens is 400 g/mol. The maximum absolute atomic E-state index is 5.62. The molecule has 158 valence electrons. The largest absolute Gasteiger partial charge is 0.497 e. The zero-order valence-electron chi connectivity index (χ0n) is 17.8. The van der Waals surface area contributed by atoms with Crippen LogP contribution in [0.2, 0.25) is 0 Å². The van der Waals surface area contributed by atoms with Gasteiger partial charge in [0, 0.05) is 39.8 Å². The number of hydrogen-bond donors (Lipinski definition) is 2. The van der Waals surface area contributed by atoms with Gasteiger partial charge in [0.25, 0.3) is 0 Å². The standard InChI is InChI=1S/C26H22N4O2/c1-31-21-8-4-17(5-9-21)3-6-19-14-22-24(15-25(19)32-2)28-16-29-26(22)30-20-7-10-23-18(13-20)11-12-27-23/h3-16,27H,1-2H3,(H,28,29,30). The number of rotatable bonds is 6. The van der Waals surface area contributed by atoms with Gasteiger partial charge in [-0.2, -0.15) is 0 Å². The summed E-state index contributed by atoms with van der Waals surface area (Å²) < 4.78 is 10.9. The number of ether oxygens (including phenoxy) is 2. The molecule has 2 heterocycles. The molecule has 2 N–H and O–H groups in total. The predicted octanol–water partition coefficient (Wildman–Crippen LogP) is 6.04. The number of aromatic amines is 1. The van der Waals surface area contributed by atoms with Gasteiger partial charge in [-0.3, -0.25) is 0 Å². The van der Waals surface area contributed by atoms with Crippen molar-refractivity contribution in [2.45, 2.75) is 0 Å². The first-order valence-corrected chi connectivity index (χ1v) is 10.2. The van der Waals surface area contributed by atoms with Crippen molar-refractivity contribution in [3.63, 3.8) is 0 Å². The predicted molar refractivity (Wildman–Crippen MR) is 130 cm³/mol. The van der Waals surface area contributed by atoms with Gasteiger partial charge in [-0.05, 0) is 48.0 Å². The maximum atomic E-state index is 5.62. The Bertz CT molecular complexity index is 1420. The number of anilines is 2. The molecule has 5 rings (SSSR count). The molecule has 6 heteroatoms. The lowest BCUT2D eigenvalue weighted by Crippen LogP contribution is -1.97. The van der Waals surface area contributed by atoms with Crippen LogP contribution in [0.1, 0.15) is 11.1 Å². The third-order valence-corrected chi connectivity index (χ3v) is 5.37. The fraction of sp³-hybridized carbons (Fsp3) is 0.0769. The van der Waals surface area contributed by atoms with Crippen molar-refractivity contribution in [1.82, 2.24) is 15.0 Å². The summed E-state index contributed by atoms with van der Waals surface area (Å²) >= 11 is 0. The highest BCUT2D eigenvalue weighted by molar-refractivity contribution is 5.95. The van der Waals surface area contributed by atoms with Crippen molar-refractivity contribution < 1.29 is 9.47 Å². The van der Waals surface area contributed by atoms with E-state index in [4.69, 9.17) is 9.47 Å². The molecular formula is C26H22N4O2. The third-order valence-electron chi connectivity index (χ3n) is 5.37. The molecule has 6 nitrogen and oxygen atoms in total. The van der Waals surface area contributed by atoms with E-state index in [1.807, 2.05) is 72.9 Å². The van der Waals surface area contributed by atoms with Crippen molar-refractivity contribution in [1.29, 1.82) is 0 Å². The summed E-state index contributed by atoms with van der Waals surface area (Å²) in [6.45, 7) is 0. The topological polar surface area (TPSA) is 72.1 Å². The van der Waals surface area contributed by atoms with Crippen LogP contribution in [0.15, 0.2) is 73.2 Å². The molecule has 0 radical (unpaired) electrons. The van der Waals surface area contributed by atoms with E-state index >= 15 is 0 Å². The summed E-state index contributed by atoms with van der Waals surface area (Å²) in [5, 5.41) is 5.49. The second kappa shape index (κ2) is 8.43. The fourth-order valence-corrected chi connectivity index (χ4v) is 3.68. The number of nitrogens with one attached hydrogen (secondary N) is 2. The van der Waals surface area contributed by atoms with Crippen molar-refractivity contribution in [2.75, 3.05) is 19.5 Å². The molecule has 0 aliphatic rings. The molecule has 0 amide bonds. The Morgan fingerprint density at radius 2 is 1.75 bits per heavy atom. The Morgan fingerprint density at radius 1 is 0.875 bits per heavy atom. The molecule has 32 heavy (non-hydrogen) atoms. The lowest BCUT2D eigenvalue weighted by Gasteiger charge is -2.11. The third kappa shape index (κ3) is 3.86. The van der Waals surface area contributed by atoms with Gasteiger partial charge in [0.05, 0.1) is 19.7 Å². The Balaban J connectivity index is 1.52. The second-order valence-corrected chi connectivity index (χ2v) is 7.34. The van der Waals surface area contributed by atoms with E-state index in [0.29, 0.717) is 0 Å². The maximum Gasteiger partial charge on any atom is 0.141 e. The van der Waals surface area contributed by atoms with Gasteiger partial charge >= 0.3 is 0 Å². The van der Waals surface area contributed by atoms with Gasteiger partial charge < -0.3 is 19.8 Å². The Labute approximate surface area is 185 Å². The number of fused-ring (bicyclic) bond motifs is 2. The quantitative estimate of drug-likeness (QED) is 0.326. The van der Waals surface area contributed by atoms with E-state index in [2.05, 4.69) is 26.3 Å². The fourth-order valence-electron chi connectivity index (χ4n) is 3.68. The van der Waals surface area contributed by atoms with Crippen molar-refractivity contribution in [3.05, 3.63) is 84.3 Å². The molecule has 0 spiro atoms. The van der Waals surface area contributed by atoms with E-state index in [0.717, 1.165) is 55.9 Å². The molecule has 0 atom stereocenters. The van der Waals surface area contributed by atoms with Crippen LogP contribution in [0.25, 0.3) is 34.0 Å². The van der Waals surface area contributed by atoms with E-state index < -0.39 is 0 Å². The summed E-state index contributed by atoms with van der Waals surface area (Å²) in [7, 11) is 3.33. The number of hydrogen-bond acceptors (Lipinski definition) is 5. The molecule has 3 aromatic carbocycles. The molecule has 0 aliphatic carbocycles. The SMILES string of the molecule is COc1ccc(C=Cc2cc3c(Nc4ccc5[nH]ccc5c4)ncnc3cc2OC)cc1. The molecule has 0 fully saturated rings. The molecule has 0 bridgehead atoms. The lowest BCUT2D eigenvalue weighted by atomic mass is 10.1. The molecule has 0 unspecified atom stereocenters. The molecule has 2 aromatic heterocycles. The lowest BCUT2D eigenvalue weighted by molar-refractivity contribution is 0.414. The van der Waals surface area contributed by atoms with Gasteiger partial charge in [0.1, 0.15) is 23.6 Å². The average Bonchev–Trinajstić information content (AvgIpc) is 3.31. The van der Waals surface area contributed by atoms with E-state index in [9.17, 15) is 0 Å². The van der Waals surface area contributed by atoms with E-state index in [1.165, 1.54) is 0 Å². The van der Waals surface area contributed by atoms with Crippen LogP contribution >= 0.6 is 0 Å². The minimum absolute atomic E-state index is 0.742. The summed E-state index contributed by atoms with van der Waals surface area (Å²) in [4.78, 5) is 12.1. The van der Waals surface area contributed by atoms with Gasteiger partial charge in [-0.1, -0.05) is 24.3 Å². The zero-order chi connectivity index (χ0) is 21.9. The summed E-state index contributed by atoms with van der Waals surface area (Å²) in [5.41, 5.74) is 4.87. The molecule has 5 aromatic rings. The minimum atomic E-state index is 0.742. The highest BCUT2D eigenvalue weighted by atomic mass is 16.5. The van der Waals surface area contributed by atoms with Crippen LogP contribution in [0.5, 0.6) is 11.5 Å². The summed E-state index contributed by atoms with van der Waals surface area (Å²) in [6.07, 6.45) is 7.57.